The number of anilines is 3. The standard InChI is InChI=1S/C15H19N5/c1-12-17-14(19-13-5-3-2-4-6-13)11-15(18-12)20-9-7-16-8-10-20/h2-6,11,16H,7-10H2,1H3,(H,17,18,19). The molecule has 0 amide bonds. The van der Waals surface area contributed by atoms with E-state index in [1.54, 1.807) is 0 Å². The maximum absolute atomic E-state index is 4.55. The number of para-hydroxylation sites is 1. The molecule has 3 rings (SSSR count). The van der Waals surface area contributed by atoms with Gasteiger partial charge in [0.05, 0.1) is 0 Å². The van der Waals surface area contributed by atoms with Gasteiger partial charge in [-0.25, -0.2) is 9.97 Å². The van der Waals surface area contributed by atoms with Crippen molar-refractivity contribution in [1.82, 2.24) is 15.3 Å². The maximum Gasteiger partial charge on any atom is 0.136 e. The van der Waals surface area contributed by atoms with Gasteiger partial charge in [0.1, 0.15) is 17.5 Å². The summed E-state index contributed by atoms with van der Waals surface area (Å²) >= 11 is 0. The summed E-state index contributed by atoms with van der Waals surface area (Å²) in [5, 5.41) is 6.68. The molecule has 0 unspecified atom stereocenters. The van der Waals surface area contributed by atoms with Crippen LogP contribution in [-0.4, -0.2) is 36.1 Å². The molecule has 0 bridgehead atoms. The predicted molar refractivity (Wildman–Crippen MR) is 81.6 cm³/mol. The number of aryl methyl sites for hydroxylation is 1. The van der Waals surface area contributed by atoms with Crippen molar-refractivity contribution in [3.63, 3.8) is 0 Å². The topological polar surface area (TPSA) is 53.1 Å². The minimum atomic E-state index is 0.791. The Labute approximate surface area is 119 Å². The molecule has 2 heterocycles. The Morgan fingerprint density at radius 3 is 2.60 bits per heavy atom. The molecule has 0 radical (unpaired) electrons. The highest BCUT2D eigenvalue weighted by molar-refractivity contribution is 5.59. The van der Waals surface area contributed by atoms with Gasteiger partial charge in [0.25, 0.3) is 0 Å². The van der Waals surface area contributed by atoms with Gasteiger partial charge in [-0.1, -0.05) is 18.2 Å². The van der Waals surface area contributed by atoms with Crippen LogP contribution < -0.4 is 15.5 Å². The van der Waals surface area contributed by atoms with Gasteiger partial charge in [-0.2, -0.15) is 0 Å². The molecule has 0 aliphatic carbocycles. The molecule has 1 aromatic carbocycles. The number of nitrogens with zero attached hydrogens (tertiary/aromatic N) is 3. The van der Waals surface area contributed by atoms with Crippen LogP contribution in [0.5, 0.6) is 0 Å². The fourth-order valence-electron chi connectivity index (χ4n) is 2.34. The lowest BCUT2D eigenvalue weighted by Crippen LogP contribution is -2.44. The lowest BCUT2D eigenvalue weighted by Gasteiger charge is -2.28. The molecule has 1 fully saturated rings. The number of nitrogens with one attached hydrogen (secondary N) is 2. The Balaban J connectivity index is 1.82. The average Bonchev–Trinajstić information content (AvgIpc) is 2.49. The van der Waals surface area contributed by atoms with E-state index in [-0.39, 0.29) is 0 Å². The smallest absolute Gasteiger partial charge is 0.136 e. The Kier molecular flexibility index (Phi) is 3.78. The molecular formula is C15H19N5. The minimum absolute atomic E-state index is 0.791. The first-order valence-electron chi connectivity index (χ1n) is 6.95. The van der Waals surface area contributed by atoms with E-state index in [4.69, 9.17) is 0 Å². The van der Waals surface area contributed by atoms with Gasteiger partial charge < -0.3 is 15.5 Å². The summed E-state index contributed by atoms with van der Waals surface area (Å²) in [6.45, 7) is 5.92. The zero-order valence-corrected chi connectivity index (χ0v) is 11.6. The lowest BCUT2D eigenvalue weighted by molar-refractivity contribution is 0.584. The molecule has 5 heteroatoms. The van der Waals surface area contributed by atoms with Gasteiger partial charge in [0, 0.05) is 37.9 Å². The van der Waals surface area contributed by atoms with E-state index in [1.165, 1.54) is 0 Å². The summed E-state index contributed by atoms with van der Waals surface area (Å²) in [5.74, 6) is 2.63. The van der Waals surface area contributed by atoms with Crippen molar-refractivity contribution in [3.8, 4) is 0 Å². The fourth-order valence-corrected chi connectivity index (χ4v) is 2.34. The second-order valence-electron chi connectivity index (χ2n) is 4.89. The van der Waals surface area contributed by atoms with Gasteiger partial charge in [-0.3, -0.25) is 0 Å². The van der Waals surface area contributed by atoms with Crippen LogP contribution in [0.15, 0.2) is 36.4 Å². The third-order valence-electron chi connectivity index (χ3n) is 3.31. The molecule has 20 heavy (non-hydrogen) atoms. The van der Waals surface area contributed by atoms with Crippen molar-refractivity contribution in [2.75, 3.05) is 36.4 Å². The van der Waals surface area contributed by atoms with Crippen LogP contribution in [0.4, 0.5) is 17.3 Å². The number of rotatable bonds is 3. The SMILES string of the molecule is Cc1nc(Nc2ccccc2)cc(N2CCNCC2)n1. The molecule has 0 saturated carbocycles. The number of piperazine rings is 1. The summed E-state index contributed by atoms with van der Waals surface area (Å²) in [6, 6.07) is 12.1. The van der Waals surface area contributed by atoms with Crippen LogP contribution in [0.3, 0.4) is 0 Å². The first-order chi connectivity index (χ1) is 9.81. The van der Waals surface area contributed by atoms with Crippen LogP contribution >= 0.6 is 0 Å². The van der Waals surface area contributed by atoms with E-state index in [0.29, 0.717) is 0 Å². The second kappa shape index (κ2) is 5.88. The van der Waals surface area contributed by atoms with Crippen molar-refractivity contribution >= 4 is 17.3 Å². The number of benzene rings is 1. The van der Waals surface area contributed by atoms with Crippen LogP contribution in [0.25, 0.3) is 0 Å². The number of aromatic nitrogens is 2. The molecule has 1 aliphatic heterocycles. The molecule has 5 nitrogen and oxygen atoms in total. The normalized spacial score (nSPS) is 15.2. The third kappa shape index (κ3) is 3.05. The van der Waals surface area contributed by atoms with E-state index in [1.807, 2.05) is 43.3 Å². The van der Waals surface area contributed by atoms with Crippen LogP contribution in [0.2, 0.25) is 0 Å². The predicted octanol–water partition coefficient (Wildman–Crippen LogP) is 1.94. The maximum atomic E-state index is 4.55. The van der Waals surface area contributed by atoms with Crippen molar-refractivity contribution in [1.29, 1.82) is 0 Å². The summed E-state index contributed by atoms with van der Waals surface area (Å²) in [5.41, 5.74) is 1.04. The van der Waals surface area contributed by atoms with Crippen LogP contribution in [0.1, 0.15) is 5.82 Å². The number of hydrogen-bond donors (Lipinski definition) is 2. The first kappa shape index (κ1) is 12.9. The van der Waals surface area contributed by atoms with Gasteiger partial charge >= 0.3 is 0 Å². The Hall–Kier alpha value is -2.14. The summed E-state index contributed by atoms with van der Waals surface area (Å²) < 4.78 is 0. The van der Waals surface area contributed by atoms with E-state index >= 15 is 0 Å². The molecule has 2 aromatic rings. The molecule has 1 aromatic heterocycles. The van der Waals surface area contributed by atoms with Crippen molar-refractivity contribution in [2.45, 2.75) is 6.92 Å². The highest BCUT2D eigenvalue weighted by Gasteiger charge is 2.13. The van der Waals surface area contributed by atoms with Gasteiger partial charge in [-0.05, 0) is 19.1 Å². The van der Waals surface area contributed by atoms with E-state index < -0.39 is 0 Å². The second-order valence-corrected chi connectivity index (χ2v) is 4.89. The van der Waals surface area contributed by atoms with Crippen LogP contribution in [-0.2, 0) is 0 Å². The highest BCUT2D eigenvalue weighted by Crippen LogP contribution is 2.19. The van der Waals surface area contributed by atoms with Crippen molar-refractivity contribution in [2.24, 2.45) is 0 Å². The summed E-state index contributed by atoms with van der Waals surface area (Å²) in [6.07, 6.45) is 0. The van der Waals surface area contributed by atoms with Crippen LogP contribution in [0, 0.1) is 6.92 Å². The minimum Gasteiger partial charge on any atom is -0.354 e. The van der Waals surface area contributed by atoms with E-state index in [0.717, 1.165) is 49.3 Å². The monoisotopic (exact) mass is 269 g/mol. The fraction of sp³-hybridized carbons (Fsp3) is 0.333. The molecule has 2 N–H and O–H groups in total. The third-order valence-corrected chi connectivity index (χ3v) is 3.31. The lowest BCUT2D eigenvalue weighted by atomic mass is 10.3. The highest BCUT2D eigenvalue weighted by atomic mass is 15.2. The zero-order valence-electron chi connectivity index (χ0n) is 11.6. The van der Waals surface area contributed by atoms with E-state index in [9.17, 15) is 0 Å². The zero-order chi connectivity index (χ0) is 13.8. The summed E-state index contributed by atoms with van der Waals surface area (Å²) in [4.78, 5) is 11.3. The molecule has 0 atom stereocenters. The Morgan fingerprint density at radius 1 is 1.10 bits per heavy atom. The van der Waals surface area contributed by atoms with Crippen molar-refractivity contribution < 1.29 is 0 Å². The van der Waals surface area contributed by atoms with Gasteiger partial charge in [0.15, 0.2) is 0 Å². The van der Waals surface area contributed by atoms with Gasteiger partial charge in [-0.15, -0.1) is 0 Å². The largest absolute Gasteiger partial charge is 0.354 e. The first-order valence-corrected chi connectivity index (χ1v) is 6.95. The summed E-state index contributed by atoms with van der Waals surface area (Å²) in [7, 11) is 0. The molecule has 1 aliphatic rings. The Morgan fingerprint density at radius 2 is 1.85 bits per heavy atom. The number of hydrogen-bond acceptors (Lipinski definition) is 5. The molecule has 1 saturated heterocycles. The average molecular weight is 269 g/mol. The molecule has 0 spiro atoms. The van der Waals surface area contributed by atoms with Crippen molar-refractivity contribution in [3.05, 3.63) is 42.2 Å². The quantitative estimate of drug-likeness (QED) is 0.892. The molecular weight excluding hydrogens is 250 g/mol. The van der Waals surface area contributed by atoms with E-state index in [2.05, 4.69) is 25.5 Å². The Bertz CT molecular complexity index is 564. The molecule has 104 valence electrons. The van der Waals surface area contributed by atoms with Gasteiger partial charge in [0.2, 0.25) is 0 Å².